The third kappa shape index (κ3) is 2.64. The van der Waals surface area contributed by atoms with Gasteiger partial charge in [-0.05, 0) is 48.9 Å². The Morgan fingerprint density at radius 1 is 1.22 bits per heavy atom. The van der Waals surface area contributed by atoms with E-state index in [4.69, 9.17) is 13.7 Å². The molecule has 134 valence electrons. The molecule has 27 heavy (non-hydrogen) atoms. The number of hydrogen-bond donors (Lipinski definition) is 1. The molecule has 5 rings (SSSR count). The van der Waals surface area contributed by atoms with Gasteiger partial charge in [-0.2, -0.15) is 0 Å². The van der Waals surface area contributed by atoms with Crippen LogP contribution in [0.5, 0.6) is 5.75 Å². The lowest BCUT2D eigenvalue weighted by atomic mass is 10.1. The Hall–Kier alpha value is -3.61. The summed E-state index contributed by atoms with van der Waals surface area (Å²) < 4.78 is 16.2. The summed E-state index contributed by atoms with van der Waals surface area (Å²) in [5, 5.41) is 7.49. The number of ether oxygens (including phenoxy) is 1. The number of furan rings is 1. The number of hydrogen-bond acceptors (Lipinski definition) is 6. The van der Waals surface area contributed by atoms with Crippen LogP contribution in [0.25, 0.3) is 22.6 Å². The van der Waals surface area contributed by atoms with Crippen LogP contribution in [0.15, 0.2) is 51.6 Å². The first-order valence-corrected chi connectivity index (χ1v) is 8.57. The number of benzene rings is 1. The summed E-state index contributed by atoms with van der Waals surface area (Å²) in [4.78, 5) is 17.4. The van der Waals surface area contributed by atoms with Crippen molar-refractivity contribution in [1.82, 2.24) is 10.1 Å². The van der Waals surface area contributed by atoms with Crippen LogP contribution in [0.2, 0.25) is 0 Å². The molecule has 0 bridgehead atoms. The number of rotatable bonds is 3. The van der Waals surface area contributed by atoms with Gasteiger partial charge in [-0.1, -0.05) is 5.16 Å². The molecular formula is C20H15N3O4. The first-order chi connectivity index (χ1) is 13.2. The van der Waals surface area contributed by atoms with Crippen LogP contribution in [-0.2, 0) is 6.42 Å². The van der Waals surface area contributed by atoms with Crippen molar-refractivity contribution >= 4 is 22.7 Å². The van der Waals surface area contributed by atoms with Crippen molar-refractivity contribution in [2.75, 3.05) is 11.9 Å². The van der Waals surface area contributed by atoms with Crippen molar-refractivity contribution in [3.8, 4) is 17.2 Å². The quantitative estimate of drug-likeness (QED) is 0.594. The van der Waals surface area contributed by atoms with Crippen molar-refractivity contribution in [3.63, 3.8) is 0 Å². The molecule has 1 N–H and O–H groups in total. The lowest BCUT2D eigenvalue weighted by molar-refractivity contribution is 0.102. The number of fused-ring (bicyclic) bond motifs is 2. The highest BCUT2D eigenvalue weighted by atomic mass is 16.5. The SMILES string of the molecule is Cc1noc2nc(-c3ccco3)cc(C(=O)Nc3ccc4c(c3)CCO4)c12. The van der Waals surface area contributed by atoms with E-state index in [0.29, 0.717) is 46.1 Å². The van der Waals surface area contributed by atoms with Crippen molar-refractivity contribution in [2.45, 2.75) is 13.3 Å². The minimum atomic E-state index is -0.264. The highest BCUT2D eigenvalue weighted by molar-refractivity contribution is 6.13. The summed E-state index contributed by atoms with van der Waals surface area (Å²) in [5.41, 5.74) is 3.65. The summed E-state index contributed by atoms with van der Waals surface area (Å²) in [6.45, 7) is 2.45. The van der Waals surface area contributed by atoms with Crippen LogP contribution in [0.1, 0.15) is 21.6 Å². The van der Waals surface area contributed by atoms with Crippen molar-refractivity contribution in [3.05, 3.63) is 59.5 Å². The predicted octanol–water partition coefficient (Wildman–Crippen LogP) is 3.98. The standard InChI is InChI=1S/C20H15N3O4/c1-11-18-14(10-15(17-3-2-7-25-17)22-20(18)27-23-11)19(24)21-13-4-5-16-12(9-13)6-8-26-16/h2-5,7,9-10H,6,8H2,1H3,(H,21,24). The Kier molecular flexibility index (Phi) is 3.46. The summed E-state index contributed by atoms with van der Waals surface area (Å²) in [6.07, 6.45) is 2.39. The molecule has 1 aromatic carbocycles. The van der Waals surface area contributed by atoms with E-state index in [1.807, 2.05) is 18.2 Å². The van der Waals surface area contributed by atoms with Crippen LogP contribution in [0.3, 0.4) is 0 Å². The van der Waals surface area contributed by atoms with Crippen molar-refractivity contribution in [1.29, 1.82) is 0 Å². The molecule has 0 atom stereocenters. The van der Waals surface area contributed by atoms with E-state index in [2.05, 4.69) is 15.5 Å². The fraction of sp³-hybridized carbons (Fsp3) is 0.150. The minimum absolute atomic E-state index is 0.264. The molecule has 1 aliphatic rings. The molecule has 4 aromatic rings. The van der Waals surface area contributed by atoms with Gasteiger partial charge in [-0.3, -0.25) is 4.79 Å². The fourth-order valence-corrected chi connectivity index (χ4v) is 3.29. The number of carbonyl (C=O) groups excluding carboxylic acids is 1. The third-order valence-electron chi connectivity index (χ3n) is 4.58. The zero-order valence-corrected chi connectivity index (χ0v) is 14.5. The molecule has 4 heterocycles. The van der Waals surface area contributed by atoms with Crippen LogP contribution < -0.4 is 10.1 Å². The molecule has 0 fully saturated rings. The summed E-state index contributed by atoms with van der Waals surface area (Å²) >= 11 is 0. The molecule has 0 radical (unpaired) electrons. The van der Waals surface area contributed by atoms with E-state index >= 15 is 0 Å². The maximum Gasteiger partial charge on any atom is 0.259 e. The van der Waals surface area contributed by atoms with Crippen LogP contribution in [-0.4, -0.2) is 22.7 Å². The number of aryl methyl sites for hydroxylation is 1. The lowest BCUT2D eigenvalue weighted by Gasteiger charge is -2.09. The average molecular weight is 361 g/mol. The monoisotopic (exact) mass is 361 g/mol. The van der Waals surface area contributed by atoms with Gasteiger partial charge in [0.2, 0.25) is 0 Å². The topological polar surface area (TPSA) is 90.4 Å². The maximum atomic E-state index is 13.0. The minimum Gasteiger partial charge on any atom is -0.493 e. The highest BCUT2D eigenvalue weighted by Gasteiger charge is 2.21. The highest BCUT2D eigenvalue weighted by Crippen LogP contribution is 2.30. The Bertz CT molecular complexity index is 1160. The van der Waals surface area contributed by atoms with Crippen LogP contribution in [0.4, 0.5) is 5.69 Å². The van der Waals surface area contributed by atoms with Gasteiger partial charge in [-0.25, -0.2) is 4.98 Å². The van der Waals surface area contributed by atoms with Crippen molar-refractivity contribution < 1.29 is 18.5 Å². The molecular weight excluding hydrogens is 346 g/mol. The van der Waals surface area contributed by atoms with E-state index in [0.717, 1.165) is 17.7 Å². The van der Waals surface area contributed by atoms with Gasteiger partial charge >= 0.3 is 0 Å². The molecule has 0 spiro atoms. The second-order valence-electron chi connectivity index (χ2n) is 6.36. The van der Waals surface area contributed by atoms with Crippen molar-refractivity contribution in [2.24, 2.45) is 0 Å². The van der Waals surface area contributed by atoms with Crippen LogP contribution >= 0.6 is 0 Å². The molecule has 0 saturated carbocycles. The van der Waals surface area contributed by atoms with Gasteiger partial charge in [0.05, 0.1) is 29.5 Å². The maximum absolute atomic E-state index is 13.0. The Morgan fingerprint density at radius 2 is 2.15 bits per heavy atom. The number of pyridine rings is 1. The smallest absolute Gasteiger partial charge is 0.259 e. The number of nitrogens with one attached hydrogen (secondary N) is 1. The Morgan fingerprint density at radius 3 is 3.00 bits per heavy atom. The van der Waals surface area contributed by atoms with Crippen LogP contribution in [0, 0.1) is 6.92 Å². The molecule has 0 unspecified atom stereocenters. The second kappa shape index (κ2) is 5.98. The van der Waals surface area contributed by atoms with E-state index in [1.54, 1.807) is 31.4 Å². The summed E-state index contributed by atoms with van der Waals surface area (Å²) in [5.74, 6) is 1.16. The predicted molar refractivity (Wildman–Crippen MR) is 97.8 cm³/mol. The van der Waals surface area contributed by atoms with Gasteiger partial charge in [0.15, 0.2) is 5.76 Å². The van der Waals surface area contributed by atoms with Gasteiger partial charge in [0.25, 0.3) is 11.6 Å². The number of amides is 1. The third-order valence-corrected chi connectivity index (χ3v) is 4.58. The normalized spacial score (nSPS) is 12.8. The zero-order chi connectivity index (χ0) is 18.4. The molecule has 0 aliphatic carbocycles. The molecule has 3 aromatic heterocycles. The van der Waals surface area contributed by atoms with E-state index in [9.17, 15) is 4.79 Å². The largest absolute Gasteiger partial charge is 0.493 e. The van der Waals surface area contributed by atoms with E-state index in [1.165, 1.54) is 0 Å². The molecule has 1 aliphatic heterocycles. The van der Waals surface area contributed by atoms with Gasteiger partial charge in [-0.15, -0.1) is 0 Å². The first-order valence-electron chi connectivity index (χ1n) is 8.57. The van der Waals surface area contributed by atoms with Gasteiger partial charge in [0, 0.05) is 12.1 Å². The fourth-order valence-electron chi connectivity index (χ4n) is 3.29. The Balaban J connectivity index is 1.56. The number of anilines is 1. The molecule has 7 heteroatoms. The number of nitrogens with zero attached hydrogens (tertiary/aromatic N) is 2. The first kappa shape index (κ1) is 15.6. The van der Waals surface area contributed by atoms with E-state index < -0.39 is 0 Å². The molecule has 0 saturated heterocycles. The second-order valence-corrected chi connectivity index (χ2v) is 6.36. The molecule has 1 amide bonds. The number of carbonyl (C=O) groups is 1. The summed E-state index contributed by atoms with van der Waals surface area (Å²) in [7, 11) is 0. The van der Waals surface area contributed by atoms with E-state index in [-0.39, 0.29) is 5.91 Å². The summed E-state index contributed by atoms with van der Waals surface area (Å²) in [6, 6.07) is 10.9. The average Bonchev–Trinajstić information content (AvgIpc) is 3.41. The molecule has 7 nitrogen and oxygen atoms in total. The zero-order valence-electron chi connectivity index (χ0n) is 14.5. The van der Waals surface area contributed by atoms with Gasteiger partial charge < -0.3 is 19.0 Å². The number of aromatic nitrogens is 2. The Labute approximate surface area is 153 Å². The van der Waals surface area contributed by atoms with Gasteiger partial charge in [0.1, 0.15) is 11.4 Å². The lowest BCUT2D eigenvalue weighted by Crippen LogP contribution is -2.13.